The molecule has 1 aromatic heterocycles. The Bertz CT molecular complexity index is 674. The van der Waals surface area contributed by atoms with E-state index in [2.05, 4.69) is 42.3 Å². The lowest BCUT2D eigenvalue weighted by Crippen LogP contribution is -2.26. The van der Waals surface area contributed by atoms with Crippen molar-refractivity contribution in [3.63, 3.8) is 0 Å². The lowest BCUT2D eigenvalue weighted by molar-refractivity contribution is 0.0905. The van der Waals surface area contributed by atoms with E-state index in [0.717, 1.165) is 38.2 Å². The fourth-order valence-corrected chi connectivity index (χ4v) is 3.19. The van der Waals surface area contributed by atoms with Crippen molar-refractivity contribution in [2.45, 2.75) is 39.3 Å². The molecule has 1 atom stereocenters. The Morgan fingerprint density at radius 3 is 2.78 bits per heavy atom. The summed E-state index contributed by atoms with van der Waals surface area (Å²) in [5, 5.41) is 3.10. The smallest absolute Gasteiger partial charge is 0.287 e. The molecule has 2 aromatic rings. The summed E-state index contributed by atoms with van der Waals surface area (Å²) in [6.45, 7) is 6.93. The van der Waals surface area contributed by atoms with Crippen molar-refractivity contribution in [1.82, 2.24) is 10.2 Å². The van der Waals surface area contributed by atoms with Gasteiger partial charge in [-0.1, -0.05) is 38.1 Å². The first-order valence-electron chi connectivity index (χ1n) is 8.41. The van der Waals surface area contributed by atoms with Crippen molar-refractivity contribution in [1.29, 1.82) is 0 Å². The van der Waals surface area contributed by atoms with Gasteiger partial charge in [0.05, 0.1) is 12.6 Å². The second-order valence-electron chi connectivity index (χ2n) is 5.99. The highest BCUT2D eigenvalue weighted by molar-refractivity contribution is 5.91. The molecule has 4 heteroatoms. The summed E-state index contributed by atoms with van der Waals surface area (Å²) in [5.41, 5.74) is 2.57. The van der Waals surface area contributed by atoms with E-state index in [1.165, 1.54) is 11.1 Å². The highest BCUT2D eigenvalue weighted by Gasteiger charge is 2.24. The van der Waals surface area contributed by atoms with E-state index >= 15 is 0 Å². The number of furan rings is 1. The van der Waals surface area contributed by atoms with Crippen molar-refractivity contribution >= 4 is 5.91 Å². The van der Waals surface area contributed by atoms with Crippen molar-refractivity contribution in [3.8, 4) is 0 Å². The van der Waals surface area contributed by atoms with Crippen LogP contribution in [0.25, 0.3) is 0 Å². The van der Waals surface area contributed by atoms with Gasteiger partial charge in [-0.05, 0) is 49.2 Å². The third-order valence-electron chi connectivity index (χ3n) is 4.60. The van der Waals surface area contributed by atoms with E-state index in [0.29, 0.717) is 5.76 Å². The number of hydrogen-bond acceptors (Lipinski definition) is 3. The molecule has 3 rings (SSSR count). The summed E-state index contributed by atoms with van der Waals surface area (Å²) in [5.74, 6) is 1.11. The third-order valence-corrected chi connectivity index (χ3v) is 4.60. The maximum Gasteiger partial charge on any atom is 0.287 e. The Labute approximate surface area is 137 Å². The highest BCUT2D eigenvalue weighted by Crippen LogP contribution is 2.30. The minimum absolute atomic E-state index is 0.0926. The Morgan fingerprint density at radius 1 is 1.22 bits per heavy atom. The standard InChI is InChI=1S/C19H24N2O2/c1-3-21(4-2)13-15-10-12-18(23-15)19(22)20-17-11-9-14-7-5-6-8-16(14)17/h5-8,10,12,17H,3-4,9,11,13H2,1-2H3,(H,20,22)/t17-/m0/s1. The number of amides is 1. The van der Waals surface area contributed by atoms with Gasteiger partial charge in [0.2, 0.25) is 0 Å². The van der Waals surface area contributed by atoms with Gasteiger partial charge in [-0.15, -0.1) is 0 Å². The molecule has 1 amide bonds. The van der Waals surface area contributed by atoms with Gasteiger partial charge in [0.25, 0.3) is 5.91 Å². The number of nitrogens with zero attached hydrogens (tertiary/aromatic N) is 1. The topological polar surface area (TPSA) is 45.5 Å². The third kappa shape index (κ3) is 3.48. The second-order valence-corrected chi connectivity index (χ2v) is 5.99. The van der Waals surface area contributed by atoms with Crippen LogP contribution in [-0.4, -0.2) is 23.9 Å². The quantitative estimate of drug-likeness (QED) is 0.887. The van der Waals surface area contributed by atoms with Crippen LogP contribution in [0.15, 0.2) is 40.8 Å². The van der Waals surface area contributed by atoms with Crippen LogP contribution < -0.4 is 5.32 Å². The van der Waals surface area contributed by atoms with E-state index in [1.807, 2.05) is 12.1 Å². The van der Waals surface area contributed by atoms with Crippen LogP contribution >= 0.6 is 0 Å². The molecular formula is C19H24N2O2. The Balaban J connectivity index is 1.64. The minimum Gasteiger partial charge on any atom is -0.455 e. The molecule has 0 unspecified atom stereocenters. The molecular weight excluding hydrogens is 288 g/mol. The summed E-state index contributed by atoms with van der Waals surface area (Å²) in [6.07, 6.45) is 1.98. The van der Waals surface area contributed by atoms with Crippen LogP contribution in [0.2, 0.25) is 0 Å². The predicted molar refractivity (Wildman–Crippen MR) is 90.3 cm³/mol. The van der Waals surface area contributed by atoms with Crippen molar-refractivity contribution in [3.05, 3.63) is 59.0 Å². The minimum atomic E-state index is -0.127. The average molecular weight is 312 g/mol. The molecule has 0 aliphatic heterocycles. The summed E-state index contributed by atoms with van der Waals surface area (Å²) in [6, 6.07) is 12.1. The fraction of sp³-hybridized carbons (Fsp3) is 0.421. The van der Waals surface area contributed by atoms with Crippen LogP contribution in [0, 0.1) is 0 Å². The zero-order chi connectivity index (χ0) is 16.2. The van der Waals surface area contributed by atoms with Crippen LogP contribution in [0.4, 0.5) is 0 Å². The van der Waals surface area contributed by atoms with Crippen molar-refractivity contribution < 1.29 is 9.21 Å². The van der Waals surface area contributed by atoms with Gasteiger partial charge < -0.3 is 9.73 Å². The number of carbonyl (C=O) groups excluding carboxylic acids is 1. The summed E-state index contributed by atoms with van der Waals surface area (Å²) in [4.78, 5) is 14.7. The number of nitrogens with one attached hydrogen (secondary N) is 1. The number of fused-ring (bicyclic) bond motifs is 1. The predicted octanol–water partition coefficient (Wildman–Crippen LogP) is 3.54. The monoisotopic (exact) mass is 312 g/mol. The normalized spacial score (nSPS) is 16.6. The first-order valence-corrected chi connectivity index (χ1v) is 8.41. The van der Waals surface area contributed by atoms with Gasteiger partial charge in [0.15, 0.2) is 5.76 Å². The lowest BCUT2D eigenvalue weighted by Gasteiger charge is -2.16. The molecule has 0 saturated heterocycles. The molecule has 1 N–H and O–H groups in total. The Hall–Kier alpha value is -2.07. The van der Waals surface area contributed by atoms with Crippen LogP contribution in [-0.2, 0) is 13.0 Å². The van der Waals surface area contributed by atoms with Crippen LogP contribution in [0.5, 0.6) is 0 Å². The zero-order valence-corrected chi connectivity index (χ0v) is 13.8. The van der Waals surface area contributed by atoms with Gasteiger partial charge in [0.1, 0.15) is 5.76 Å². The van der Waals surface area contributed by atoms with E-state index in [1.54, 1.807) is 6.07 Å². The number of benzene rings is 1. The van der Waals surface area contributed by atoms with Gasteiger partial charge in [-0.3, -0.25) is 9.69 Å². The summed E-state index contributed by atoms with van der Waals surface area (Å²) < 4.78 is 5.72. The Morgan fingerprint density at radius 2 is 2.00 bits per heavy atom. The first kappa shape index (κ1) is 15.8. The number of aryl methyl sites for hydroxylation is 1. The zero-order valence-electron chi connectivity index (χ0n) is 13.8. The molecule has 1 aromatic carbocycles. The first-order chi connectivity index (χ1) is 11.2. The number of hydrogen-bond donors (Lipinski definition) is 1. The van der Waals surface area contributed by atoms with E-state index in [4.69, 9.17) is 4.42 Å². The lowest BCUT2D eigenvalue weighted by atomic mass is 10.1. The van der Waals surface area contributed by atoms with Crippen molar-refractivity contribution in [2.24, 2.45) is 0 Å². The van der Waals surface area contributed by atoms with E-state index in [9.17, 15) is 4.79 Å². The molecule has 1 heterocycles. The van der Waals surface area contributed by atoms with Crippen molar-refractivity contribution in [2.75, 3.05) is 13.1 Å². The van der Waals surface area contributed by atoms with E-state index in [-0.39, 0.29) is 11.9 Å². The maximum atomic E-state index is 12.4. The molecule has 0 saturated carbocycles. The molecule has 1 aliphatic rings. The maximum absolute atomic E-state index is 12.4. The van der Waals surface area contributed by atoms with Gasteiger partial charge in [-0.25, -0.2) is 0 Å². The Kier molecular flexibility index (Phi) is 4.82. The molecule has 122 valence electrons. The van der Waals surface area contributed by atoms with Crippen LogP contribution in [0.3, 0.4) is 0 Å². The summed E-state index contributed by atoms with van der Waals surface area (Å²) >= 11 is 0. The summed E-state index contributed by atoms with van der Waals surface area (Å²) in [7, 11) is 0. The van der Waals surface area contributed by atoms with E-state index < -0.39 is 0 Å². The van der Waals surface area contributed by atoms with Gasteiger partial charge >= 0.3 is 0 Å². The second kappa shape index (κ2) is 7.01. The number of carbonyl (C=O) groups is 1. The largest absolute Gasteiger partial charge is 0.455 e. The molecule has 4 nitrogen and oxygen atoms in total. The molecule has 0 bridgehead atoms. The molecule has 1 aliphatic carbocycles. The highest BCUT2D eigenvalue weighted by atomic mass is 16.4. The van der Waals surface area contributed by atoms with Gasteiger partial charge in [-0.2, -0.15) is 0 Å². The SMILES string of the molecule is CCN(CC)Cc1ccc(C(=O)N[C@H]2CCc3ccccc32)o1. The molecule has 0 spiro atoms. The molecule has 0 fully saturated rings. The fourth-order valence-electron chi connectivity index (χ4n) is 3.19. The molecule has 23 heavy (non-hydrogen) atoms. The average Bonchev–Trinajstić information content (AvgIpc) is 3.20. The van der Waals surface area contributed by atoms with Gasteiger partial charge in [0, 0.05) is 0 Å². The number of rotatable bonds is 6. The molecule has 0 radical (unpaired) electrons. The van der Waals surface area contributed by atoms with Crippen LogP contribution in [0.1, 0.15) is 53.8 Å².